The quantitative estimate of drug-likeness (QED) is 0.598. The largest absolute Gasteiger partial charge is 0.383 e. The summed E-state index contributed by atoms with van der Waals surface area (Å²) in [6.45, 7) is 11.4. The van der Waals surface area contributed by atoms with Crippen LogP contribution in [0.3, 0.4) is 0 Å². The van der Waals surface area contributed by atoms with E-state index in [1.54, 1.807) is 7.11 Å². The van der Waals surface area contributed by atoms with E-state index in [1.807, 2.05) is 11.3 Å². The molecule has 0 bridgehead atoms. The zero-order valence-electron chi connectivity index (χ0n) is 14.1. The van der Waals surface area contributed by atoms with Crippen molar-refractivity contribution in [2.75, 3.05) is 38.3 Å². The van der Waals surface area contributed by atoms with Crippen molar-refractivity contribution in [3.05, 3.63) is 10.6 Å². The number of ether oxygens (including phenoxy) is 1. The molecule has 0 saturated carbocycles. The molecule has 0 saturated heterocycles. The second-order valence-corrected chi connectivity index (χ2v) is 6.43. The fourth-order valence-electron chi connectivity index (χ4n) is 2.09. The molecule has 0 aromatic carbocycles. The molecule has 4 nitrogen and oxygen atoms in total. The fourth-order valence-corrected chi connectivity index (χ4v) is 3.17. The number of nitrogens with zero attached hydrogens (tertiary/aromatic N) is 2. The van der Waals surface area contributed by atoms with E-state index in [9.17, 15) is 0 Å². The first-order valence-corrected chi connectivity index (χ1v) is 8.95. The Morgan fingerprint density at radius 1 is 1.19 bits per heavy atom. The third kappa shape index (κ3) is 6.76. The van der Waals surface area contributed by atoms with Gasteiger partial charge in [-0.05, 0) is 19.8 Å². The number of hydrogen-bond donors (Lipinski definition) is 1. The highest BCUT2D eigenvalue weighted by molar-refractivity contribution is 7.15. The fraction of sp³-hybridized carbons (Fsp3) is 0.812. The lowest BCUT2D eigenvalue weighted by atomic mass is 10.3. The van der Waals surface area contributed by atoms with Gasteiger partial charge in [0.25, 0.3) is 0 Å². The van der Waals surface area contributed by atoms with Gasteiger partial charge in [-0.2, -0.15) is 0 Å². The lowest BCUT2D eigenvalue weighted by Gasteiger charge is -2.21. The highest BCUT2D eigenvalue weighted by atomic mass is 32.1. The smallest absolute Gasteiger partial charge is 0.185 e. The summed E-state index contributed by atoms with van der Waals surface area (Å²) in [6, 6.07) is 0. The van der Waals surface area contributed by atoms with E-state index in [2.05, 4.69) is 31.0 Å². The molecule has 1 heterocycles. The lowest BCUT2D eigenvalue weighted by Crippen LogP contribution is -2.25. The van der Waals surface area contributed by atoms with Gasteiger partial charge in [-0.1, -0.05) is 26.7 Å². The van der Waals surface area contributed by atoms with Crippen LogP contribution in [0.25, 0.3) is 0 Å². The first-order valence-electron chi connectivity index (χ1n) is 8.13. The molecule has 1 aromatic heterocycles. The molecule has 0 aliphatic rings. The van der Waals surface area contributed by atoms with E-state index < -0.39 is 0 Å². The molecule has 0 spiro atoms. The first kappa shape index (κ1) is 18.4. The van der Waals surface area contributed by atoms with E-state index in [-0.39, 0.29) is 0 Å². The lowest BCUT2D eigenvalue weighted by molar-refractivity contribution is 0.199. The Morgan fingerprint density at radius 3 is 2.43 bits per heavy atom. The number of anilines is 1. The standard InChI is InChI=1S/C16H31N3OS/c1-5-7-10-19(11-8-6-2)16-18-14(3)15(21-16)13-17-9-12-20-4/h17H,5-13H2,1-4H3. The van der Waals surface area contributed by atoms with Gasteiger partial charge >= 0.3 is 0 Å². The average molecular weight is 314 g/mol. The number of aryl methyl sites for hydroxylation is 1. The van der Waals surface area contributed by atoms with Crippen LogP contribution in [0, 0.1) is 6.92 Å². The van der Waals surface area contributed by atoms with Crippen LogP contribution >= 0.6 is 11.3 Å². The molecule has 5 heteroatoms. The summed E-state index contributed by atoms with van der Waals surface area (Å²) in [5, 5.41) is 4.60. The van der Waals surface area contributed by atoms with Crippen LogP contribution in [0.2, 0.25) is 0 Å². The van der Waals surface area contributed by atoms with Crippen molar-refractivity contribution in [3.8, 4) is 0 Å². The Balaban J connectivity index is 2.61. The minimum Gasteiger partial charge on any atom is -0.383 e. The van der Waals surface area contributed by atoms with Crippen LogP contribution in [-0.4, -0.2) is 38.3 Å². The number of nitrogens with one attached hydrogen (secondary N) is 1. The summed E-state index contributed by atoms with van der Waals surface area (Å²) in [7, 11) is 1.73. The van der Waals surface area contributed by atoms with E-state index in [0.29, 0.717) is 0 Å². The molecule has 1 aromatic rings. The second-order valence-electron chi connectivity index (χ2n) is 5.37. The Labute approximate surface area is 133 Å². The summed E-state index contributed by atoms with van der Waals surface area (Å²) in [5.74, 6) is 0. The highest BCUT2D eigenvalue weighted by Crippen LogP contribution is 2.26. The van der Waals surface area contributed by atoms with Crippen molar-refractivity contribution in [2.45, 2.75) is 53.0 Å². The Morgan fingerprint density at radius 2 is 1.86 bits per heavy atom. The summed E-state index contributed by atoms with van der Waals surface area (Å²) in [5.41, 5.74) is 1.16. The van der Waals surface area contributed by atoms with Crippen LogP contribution in [0.1, 0.15) is 50.1 Å². The molecule has 0 unspecified atom stereocenters. The maximum absolute atomic E-state index is 5.06. The molecule has 0 fully saturated rings. The number of methoxy groups -OCH3 is 1. The maximum atomic E-state index is 5.06. The van der Waals surface area contributed by atoms with E-state index in [4.69, 9.17) is 9.72 Å². The van der Waals surface area contributed by atoms with Crippen molar-refractivity contribution >= 4 is 16.5 Å². The zero-order valence-corrected chi connectivity index (χ0v) is 14.9. The summed E-state index contributed by atoms with van der Waals surface area (Å²) >= 11 is 1.84. The SMILES string of the molecule is CCCCN(CCCC)c1nc(C)c(CNCCOC)s1. The number of hydrogen-bond acceptors (Lipinski definition) is 5. The van der Waals surface area contributed by atoms with Crippen molar-refractivity contribution in [1.29, 1.82) is 0 Å². The molecule has 21 heavy (non-hydrogen) atoms. The summed E-state index contributed by atoms with van der Waals surface area (Å²) < 4.78 is 5.06. The maximum Gasteiger partial charge on any atom is 0.185 e. The van der Waals surface area contributed by atoms with Crippen LogP contribution in [-0.2, 0) is 11.3 Å². The summed E-state index contributed by atoms with van der Waals surface area (Å²) in [4.78, 5) is 8.60. The first-order chi connectivity index (χ1) is 10.2. The molecular weight excluding hydrogens is 282 g/mol. The number of rotatable bonds is 12. The Hall–Kier alpha value is -0.650. The molecular formula is C16H31N3OS. The summed E-state index contributed by atoms with van der Waals surface area (Å²) in [6.07, 6.45) is 4.95. The van der Waals surface area contributed by atoms with Crippen molar-refractivity contribution in [3.63, 3.8) is 0 Å². The van der Waals surface area contributed by atoms with E-state index in [0.717, 1.165) is 38.5 Å². The van der Waals surface area contributed by atoms with Gasteiger partial charge < -0.3 is 15.0 Å². The van der Waals surface area contributed by atoms with Crippen molar-refractivity contribution in [1.82, 2.24) is 10.3 Å². The van der Waals surface area contributed by atoms with Crippen LogP contribution < -0.4 is 10.2 Å². The molecule has 1 rings (SSSR count). The number of unbranched alkanes of at least 4 members (excludes halogenated alkanes) is 2. The van der Waals surface area contributed by atoms with Gasteiger partial charge in [0.2, 0.25) is 0 Å². The molecule has 0 atom stereocenters. The van der Waals surface area contributed by atoms with Gasteiger partial charge in [-0.15, -0.1) is 11.3 Å². The average Bonchev–Trinajstić information content (AvgIpc) is 2.85. The minimum absolute atomic E-state index is 0.754. The van der Waals surface area contributed by atoms with Gasteiger partial charge in [-0.3, -0.25) is 0 Å². The van der Waals surface area contributed by atoms with E-state index in [1.165, 1.54) is 35.7 Å². The van der Waals surface area contributed by atoms with Gasteiger partial charge in [0, 0.05) is 38.2 Å². The van der Waals surface area contributed by atoms with Crippen LogP contribution in [0.15, 0.2) is 0 Å². The third-order valence-corrected chi connectivity index (χ3v) is 4.70. The predicted octanol–water partition coefficient (Wildman–Crippen LogP) is 3.59. The van der Waals surface area contributed by atoms with Gasteiger partial charge in [-0.25, -0.2) is 4.98 Å². The molecule has 0 aliphatic carbocycles. The Kier molecular flexibility index (Phi) is 9.63. The molecule has 0 amide bonds. The molecule has 122 valence electrons. The monoisotopic (exact) mass is 313 g/mol. The number of aromatic nitrogens is 1. The normalized spacial score (nSPS) is 11.0. The van der Waals surface area contributed by atoms with Crippen LogP contribution in [0.4, 0.5) is 5.13 Å². The van der Waals surface area contributed by atoms with E-state index >= 15 is 0 Å². The third-order valence-electron chi connectivity index (χ3n) is 3.48. The van der Waals surface area contributed by atoms with Crippen LogP contribution in [0.5, 0.6) is 0 Å². The molecule has 1 N–H and O–H groups in total. The second kappa shape index (κ2) is 11.0. The predicted molar refractivity (Wildman–Crippen MR) is 92.5 cm³/mol. The van der Waals surface area contributed by atoms with Gasteiger partial charge in [0.1, 0.15) is 0 Å². The van der Waals surface area contributed by atoms with Crippen molar-refractivity contribution < 1.29 is 4.74 Å². The van der Waals surface area contributed by atoms with Crippen molar-refractivity contribution in [2.24, 2.45) is 0 Å². The van der Waals surface area contributed by atoms with Gasteiger partial charge in [0.05, 0.1) is 12.3 Å². The molecule has 0 aliphatic heterocycles. The topological polar surface area (TPSA) is 37.4 Å². The highest BCUT2D eigenvalue weighted by Gasteiger charge is 2.13. The zero-order chi connectivity index (χ0) is 15.5. The van der Waals surface area contributed by atoms with Gasteiger partial charge in [0.15, 0.2) is 5.13 Å². The molecule has 0 radical (unpaired) electrons. The number of thiazole rings is 1. The Bertz CT molecular complexity index is 374. The minimum atomic E-state index is 0.754.